The van der Waals surface area contributed by atoms with Gasteiger partial charge in [-0.25, -0.2) is 0 Å². The van der Waals surface area contributed by atoms with Crippen molar-refractivity contribution >= 4 is 41.1 Å². The second-order valence-corrected chi connectivity index (χ2v) is 10.2. The Bertz CT molecular complexity index is 1360. The van der Waals surface area contributed by atoms with Crippen molar-refractivity contribution in [1.29, 1.82) is 0 Å². The van der Waals surface area contributed by atoms with Gasteiger partial charge in [0.05, 0.1) is 6.26 Å². The quantitative estimate of drug-likeness (QED) is 0.317. The fourth-order valence-corrected chi connectivity index (χ4v) is 4.70. The molecular formula is C25H27N9O2S. The summed E-state index contributed by atoms with van der Waals surface area (Å²) in [4.78, 5) is 31.6. The fourth-order valence-electron chi connectivity index (χ4n) is 3.96. The van der Waals surface area contributed by atoms with E-state index >= 15 is 0 Å². The van der Waals surface area contributed by atoms with Crippen LogP contribution in [0.1, 0.15) is 12.8 Å². The zero-order valence-electron chi connectivity index (χ0n) is 20.3. The molecule has 0 bridgehead atoms. The van der Waals surface area contributed by atoms with E-state index < -0.39 is 0 Å². The second-order valence-electron chi connectivity index (χ2n) is 9.19. The highest BCUT2D eigenvalue weighted by Crippen LogP contribution is 2.32. The highest BCUT2D eigenvalue weighted by atomic mass is 32.2. The molecule has 1 aromatic carbocycles. The number of anilines is 4. The Labute approximate surface area is 218 Å². The largest absolute Gasteiger partial charge is 0.463 e. The van der Waals surface area contributed by atoms with Gasteiger partial charge in [0.1, 0.15) is 5.69 Å². The minimum absolute atomic E-state index is 0.0963. The summed E-state index contributed by atoms with van der Waals surface area (Å²) >= 11 is 1.45. The van der Waals surface area contributed by atoms with Crippen molar-refractivity contribution in [3.05, 3.63) is 48.7 Å². The lowest BCUT2D eigenvalue weighted by molar-refractivity contribution is -0.117. The van der Waals surface area contributed by atoms with Crippen LogP contribution in [0.25, 0.3) is 11.5 Å². The van der Waals surface area contributed by atoms with Crippen LogP contribution in [0.2, 0.25) is 0 Å². The molecule has 11 nitrogen and oxygen atoms in total. The average molecular weight is 518 g/mol. The Morgan fingerprint density at radius 3 is 2.62 bits per heavy atom. The molecule has 1 aliphatic carbocycles. The van der Waals surface area contributed by atoms with E-state index in [0.717, 1.165) is 55.3 Å². The van der Waals surface area contributed by atoms with Gasteiger partial charge in [-0.3, -0.25) is 9.89 Å². The van der Waals surface area contributed by atoms with Crippen LogP contribution in [0, 0.1) is 5.92 Å². The average Bonchev–Trinajstić information content (AvgIpc) is 3.41. The van der Waals surface area contributed by atoms with Gasteiger partial charge in [-0.2, -0.15) is 20.1 Å². The van der Waals surface area contributed by atoms with Gasteiger partial charge in [0.15, 0.2) is 16.7 Å². The second kappa shape index (κ2) is 10.2. The molecule has 4 aromatic rings. The first-order chi connectivity index (χ1) is 18.1. The van der Waals surface area contributed by atoms with Gasteiger partial charge in [-0.05, 0) is 68.0 Å². The lowest BCUT2D eigenvalue weighted by atomic mass is 10.3. The van der Waals surface area contributed by atoms with Gasteiger partial charge in [-0.15, -0.1) is 0 Å². The standard InChI is InChI=1S/C25H27N9O2S/c1-33-10-12-34(13-11-33)24-28-23(27-21-15-19(31-32-21)20-3-2-14-36-20)29-25(30-24)37-18-8-6-17(7-9-18)26-22(35)16-4-5-16/h2-3,6-9,14-16H,4-5,10-13H2,1H3,(H,26,35)(H2,27,28,29,30,31,32). The number of benzene rings is 1. The predicted octanol–water partition coefficient (Wildman–Crippen LogP) is 3.85. The van der Waals surface area contributed by atoms with E-state index in [0.29, 0.717) is 28.6 Å². The molecule has 3 N–H and O–H groups in total. The molecule has 12 heteroatoms. The molecule has 1 aliphatic heterocycles. The number of aromatic nitrogens is 5. The van der Waals surface area contributed by atoms with Crippen molar-refractivity contribution in [3.63, 3.8) is 0 Å². The Hall–Kier alpha value is -3.90. The van der Waals surface area contributed by atoms with E-state index in [-0.39, 0.29) is 11.8 Å². The number of carbonyl (C=O) groups is 1. The van der Waals surface area contributed by atoms with Crippen LogP contribution < -0.4 is 15.5 Å². The maximum absolute atomic E-state index is 12.0. The molecular weight excluding hydrogens is 490 g/mol. The van der Waals surface area contributed by atoms with E-state index in [1.165, 1.54) is 11.8 Å². The van der Waals surface area contributed by atoms with Crippen LogP contribution in [0.3, 0.4) is 0 Å². The maximum atomic E-state index is 12.0. The monoisotopic (exact) mass is 517 g/mol. The van der Waals surface area contributed by atoms with Crippen LogP contribution in [0.15, 0.2) is 63.2 Å². The van der Waals surface area contributed by atoms with Gasteiger partial charge in [0, 0.05) is 48.7 Å². The summed E-state index contributed by atoms with van der Waals surface area (Å²) < 4.78 is 5.44. The molecule has 1 saturated heterocycles. The van der Waals surface area contributed by atoms with Crippen LogP contribution >= 0.6 is 11.8 Å². The molecule has 190 valence electrons. The van der Waals surface area contributed by atoms with Gasteiger partial charge in [0.2, 0.25) is 17.8 Å². The number of amides is 1. The number of piperazine rings is 1. The molecule has 37 heavy (non-hydrogen) atoms. The van der Waals surface area contributed by atoms with Crippen molar-refractivity contribution in [2.24, 2.45) is 5.92 Å². The number of H-pyrrole nitrogens is 1. The van der Waals surface area contributed by atoms with E-state index in [2.05, 4.69) is 42.7 Å². The summed E-state index contributed by atoms with van der Waals surface area (Å²) in [5.74, 6) is 2.58. The van der Waals surface area contributed by atoms with Gasteiger partial charge >= 0.3 is 0 Å². The molecule has 3 aromatic heterocycles. The minimum Gasteiger partial charge on any atom is -0.463 e. The number of furan rings is 1. The van der Waals surface area contributed by atoms with Crippen LogP contribution in [-0.2, 0) is 4.79 Å². The summed E-state index contributed by atoms with van der Waals surface area (Å²) in [7, 11) is 2.12. The van der Waals surface area contributed by atoms with Crippen molar-refractivity contribution < 1.29 is 9.21 Å². The van der Waals surface area contributed by atoms with Gasteiger partial charge in [-0.1, -0.05) is 0 Å². The minimum atomic E-state index is 0.0963. The zero-order valence-corrected chi connectivity index (χ0v) is 21.2. The number of nitrogens with one attached hydrogen (secondary N) is 3. The highest BCUT2D eigenvalue weighted by molar-refractivity contribution is 7.99. The molecule has 2 fully saturated rings. The third-order valence-electron chi connectivity index (χ3n) is 6.27. The van der Waals surface area contributed by atoms with Crippen LogP contribution in [-0.4, -0.2) is 69.2 Å². The number of likely N-dealkylation sites (N-methyl/N-ethyl adjacent to an activating group) is 1. The van der Waals surface area contributed by atoms with Crippen LogP contribution in [0.4, 0.5) is 23.4 Å². The first-order valence-corrected chi connectivity index (χ1v) is 13.1. The zero-order chi connectivity index (χ0) is 25.2. The first kappa shape index (κ1) is 23.5. The van der Waals surface area contributed by atoms with E-state index in [4.69, 9.17) is 14.4 Å². The van der Waals surface area contributed by atoms with E-state index in [1.54, 1.807) is 6.26 Å². The SMILES string of the molecule is CN1CCN(c2nc(Nc3cc(-c4ccco4)[nH]n3)nc(Sc3ccc(NC(=O)C4CC4)cc3)n2)CC1. The lowest BCUT2D eigenvalue weighted by Crippen LogP contribution is -2.45. The van der Waals surface area contributed by atoms with E-state index in [9.17, 15) is 4.79 Å². The molecule has 0 radical (unpaired) electrons. The summed E-state index contributed by atoms with van der Waals surface area (Å²) in [6.45, 7) is 3.56. The first-order valence-electron chi connectivity index (χ1n) is 12.2. The maximum Gasteiger partial charge on any atom is 0.234 e. The number of aromatic amines is 1. The Kier molecular flexibility index (Phi) is 6.49. The van der Waals surface area contributed by atoms with Crippen molar-refractivity contribution in [3.8, 4) is 11.5 Å². The smallest absolute Gasteiger partial charge is 0.234 e. The molecule has 2 aliphatic rings. The Morgan fingerprint density at radius 1 is 1.08 bits per heavy atom. The lowest BCUT2D eigenvalue weighted by Gasteiger charge is -2.32. The molecule has 0 atom stereocenters. The summed E-state index contributed by atoms with van der Waals surface area (Å²) in [6.07, 6.45) is 3.58. The van der Waals surface area contributed by atoms with Crippen LogP contribution in [0.5, 0.6) is 0 Å². The fraction of sp³-hybridized carbons (Fsp3) is 0.320. The van der Waals surface area contributed by atoms with Crippen molar-refractivity contribution in [2.45, 2.75) is 22.9 Å². The topological polar surface area (TPSA) is 128 Å². The molecule has 0 unspecified atom stereocenters. The molecule has 0 spiro atoms. The number of carbonyl (C=O) groups excluding carboxylic acids is 1. The predicted molar refractivity (Wildman–Crippen MR) is 141 cm³/mol. The Balaban J connectivity index is 1.22. The molecule has 1 saturated carbocycles. The summed E-state index contributed by atoms with van der Waals surface area (Å²) in [5, 5.41) is 14.0. The van der Waals surface area contributed by atoms with Crippen molar-refractivity contribution in [1.82, 2.24) is 30.0 Å². The molecule has 6 rings (SSSR count). The third kappa shape index (κ3) is 5.75. The molecule has 1 amide bonds. The van der Waals surface area contributed by atoms with E-state index in [1.807, 2.05) is 42.5 Å². The summed E-state index contributed by atoms with van der Waals surface area (Å²) in [5.41, 5.74) is 1.55. The van der Waals surface area contributed by atoms with Gasteiger partial charge in [0.25, 0.3) is 0 Å². The van der Waals surface area contributed by atoms with Gasteiger partial charge < -0.3 is 24.9 Å². The third-order valence-corrected chi connectivity index (χ3v) is 7.15. The highest BCUT2D eigenvalue weighted by Gasteiger charge is 2.29. The number of hydrogen-bond acceptors (Lipinski definition) is 10. The Morgan fingerprint density at radius 2 is 1.89 bits per heavy atom. The normalized spacial score (nSPS) is 16.1. The van der Waals surface area contributed by atoms with Crippen molar-refractivity contribution in [2.75, 3.05) is 48.8 Å². The summed E-state index contributed by atoms with van der Waals surface area (Å²) in [6, 6.07) is 13.3. The number of hydrogen-bond donors (Lipinski definition) is 3. The molecule has 4 heterocycles. The number of rotatable bonds is 8. The number of nitrogens with zero attached hydrogens (tertiary/aromatic N) is 6.